The summed E-state index contributed by atoms with van der Waals surface area (Å²) in [5, 5.41) is 10.6. The average Bonchev–Trinajstić information content (AvgIpc) is 2.56. The van der Waals surface area contributed by atoms with Crippen LogP contribution < -0.4 is 9.47 Å². The maximum absolute atomic E-state index is 11.0. The molecule has 2 aromatic carbocycles. The van der Waals surface area contributed by atoms with Gasteiger partial charge < -0.3 is 9.47 Å². The van der Waals surface area contributed by atoms with E-state index < -0.39 is 4.92 Å². The number of hydrogen-bond acceptors (Lipinski definition) is 5. The van der Waals surface area contributed by atoms with E-state index in [1.807, 2.05) is 0 Å². The number of nitrogens with zero attached hydrogens (tertiary/aromatic N) is 1. The Morgan fingerprint density at radius 3 is 2.39 bits per heavy atom. The summed E-state index contributed by atoms with van der Waals surface area (Å²) in [5.74, 6) is 0.840. The lowest BCUT2D eigenvalue weighted by Crippen LogP contribution is -2.00. The van der Waals surface area contributed by atoms with Gasteiger partial charge in [0.25, 0.3) is 5.69 Å². The number of rotatable bonds is 6. The largest absolute Gasteiger partial charge is 0.493 e. The second kappa shape index (κ2) is 7.56. The van der Waals surface area contributed by atoms with Crippen LogP contribution in [0.1, 0.15) is 15.9 Å². The van der Waals surface area contributed by atoms with Crippen LogP contribution in [0.4, 0.5) is 5.69 Å². The Labute approximate surface area is 148 Å². The van der Waals surface area contributed by atoms with Crippen molar-refractivity contribution in [3.05, 3.63) is 60.5 Å². The Bertz CT molecular complexity index is 747. The van der Waals surface area contributed by atoms with Crippen molar-refractivity contribution in [1.29, 1.82) is 0 Å². The minimum atomic E-state index is -0.459. The molecule has 0 bridgehead atoms. The van der Waals surface area contributed by atoms with Crippen LogP contribution in [0.5, 0.6) is 11.5 Å². The monoisotopic (exact) mass is 443 g/mol. The summed E-state index contributed by atoms with van der Waals surface area (Å²) in [7, 11) is 1.48. The molecule has 0 aliphatic carbocycles. The number of benzene rings is 2. The zero-order valence-corrected chi connectivity index (χ0v) is 15.1. The van der Waals surface area contributed by atoms with Gasteiger partial charge in [-0.25, -0.2) is 0 Å². The lowest BCUT2D eigenvalue weighted by Gasteiger charge is -2.15. The molecule has 120 valence electrons. The van der Waals surface area contributed by atoms with E-state index >= 15 is 0 Å². The number of carbonyl (C=O) groups is 1. The van der Waals surface area contributed by atoms with Gasteiger partial charge in [-0.3, -0.25) is 14.9 Å². The Morgan fingerprint density at radius 2 is 1.87 bits per heavy atom. The topological polar surface area (TPSA) is 78.7 Å². The molecule has 0 radical (unpaired) electrons. The molecule has 0 N–H and O–H groups in total. The van der Waals surface area contributed by atoms with Gasteiger partial charge in [0.15, 0.2) is 17.8 Å². The van der Waals surface area contributed by atoms with Crippen molar-refractivity contribution < 1.29 is 19.2 Å². The number of carbonyl (C=O) groups excluding carboxylic acids is 1. The molecule has 0 aromatic heterocycles. The third-order valence-electron chi connectivity index (χ3n) is 3.03. The predicted octanol–water partition coefficient (Wildman–Crippen LogP) is 4.52. The molecular formula is C15H11Br2NO5. The normalized spacial score (nSPS) is 10.2. The van der Waals surface area contributed by atoms with Crippen molar-refractivity contribution in [2.24, 2.45) is 0 Å². The molecule has 2 aromatic rings. The molecule has 0 fully saturated rings. The molecule has 0 saturated carbocycles. The standard InChI is InChI=1S/C15H11Br2NO5/c1-22-12-6-10(7-19)13(16)14(17)15(12)23-8-9-2-4-11(5-3-9)18(20)21/h2-7H,8H2,1H3. The number of nitro groups is 1. The van der Waals surface area contributed by atoms with Crippen molar-refractivity contribution >= 4 is 43.8 Å². The van der Waals surface area contributed by atoms with E-state index in [1.54, 1.807) is 18.2 Å². The minimum absolute atomic E-state index is 0.0191. The minimum Gasteiger partial charge on any atom is -0.493 e. The molecule has 0 spiro atoms. The molecule has 23 heavy (non-hydrogen) atoms. The molecular weight excluding hydrogens is 434 g/mol. The maximum atomic E-state index is 11.0. The number of aldehydes is 1. The zero-order valence-electron chi connectivity index (χ0n) is 11.9. The van der Waals surface area contributed by atoms with Crippen molar-refractivity contribution in [1.82, 2.24) is 0 Å². The van der Waals surface area contributed by atoms with Gasteiger partial charge in [-0.05, 0) is 55.6 Å². The Kier molecular flexibility index (Phi) is 5.73. The van der Waals surface area contributed by atoms with E-state index in [0.29, 0.717) is 32.3 Å². The van der Waals surface area contributed by atoms with E-state index in [9.17, 15) is 14.9 Å². The van der Waals surface area contributed by atoms with Crippen LogP contribution in [0.15, 0.2) is 39.3 Å². The molecule has 0 heterocycles. The van der Waals surface area contributed by atoms with E-state index in [2.05, 4.69) is 31.9 Å². The Hall–Kier alpha value is -1.93. The number of ether oxygens (including phenoxy) is 2. The smallest absolute Gasteiger partial charge is 0.269 e. The van der Waals surface area contributed by atoms with Gasteiger partial charge in [0.1, 0.15) is 6.61 Å². The molecule has 0 saturated heterocycles. The summed E-state index contributed by atoms with van der Waals surface area (Å²) in [4.78, 5) is 21.2. The first-order valence-corrected chi connectivity index (χ1v) is 7.93. The lowest BCUT2D eigenvalue weighted by atomic mass is 10.2. The van der Waals surface area contributed by atoms with Crippen LogP contribution in [-0.4, -0.2) is 18.3 Å². The van der Waals surface area contributed by atoms with Crippen molar-refractivity contribution in [3.63, 3.8) is 0 Å². The molecule has 0 aliphatic heterocycles. The molecule has 6 nitrogen and oxygen atoms in total. The van der Waals surface area contributed by atoms with Crippen LogP contribution in [0.2, 0.25) is 0 Å². The van der Waals surface area contributed by atoms with Gasteiger partial charge in [-0.2, -0.15) is 0 Å². The van der Waals surface area contributed by atoms with Crippen LogP contribution in [0.25, 0.3) is 0 Å². The second-order valence-electron chi connectivity index (χ2n) is 4.46. The third-order valence-corrected chi connectivity index (χ3v) is 5.18. The first-order valence-electron chi connectivity index (χ1n) is 6.35. The van der Waals surface area contributed by atoms with Gasteiger partial charge in [0.05, 0.1) is 16.5 Å². The Balaban J connectivity index is 2.24. The first-order chi connectivity index (χ1) is 11.0. The summed E-state index contributed by atoms with van der Waals surface area (Å²) in [6.45, 7) is 0.194. The summed E-state index contributed by atoms with van der Waals surface area (Å²) >= 11 is 6.69. The quantitative estimate of drug-likeness (QED) is 0.371. The van der Waals surface area contributed by atoms with Crippen LogP contribution in [-0.2, 0) is 6.61 Å². The van der Waals surface area contributed by atoms with Gasteiger partial charge in [0, 0.05) is 22.2 Å². The average molecular weight is 445 g/mol. The fourth-order valence-electron chi connectivity index (χ4n) is 1.85. The van der Waals surface area contributed by atoms with Gasteiger partial charge in [-0.1, -0.05) is 0 Å². The van der Waals surface area contributed by atoms with E-state index in [1.165, 1.54) is 19.2 Å². The van der Waals surface area contributed by atoms with Gasteiger partial charge in [0.2, 0.25) is 0 Å². The Morgan fingerprint density at radius 1 is 1.22 bits per heavy atom. The number of hydrogen-bond donors (Lipinski definition) is 0. The molecule has 0 atom stereocenters. The summed E-state index contributed by atoms with van der Waals surface area (Å²) < 4.78 is 12.1. The van der Waals surface area contributed by atoms with Crippen LogP contribution in [0.3, 0.4) is 0 Å². The van der Waals surface area contributed by atoms with Crippen molar-refractivity contribution in [3.8, 4) is 11.5 Å². The third kappa shape index (κ3) is 3.89. The molecule has 2 rings (SSSR count). The first kappa shape index (κ1) is 17.4. The highest BCUT2D eigenvalue weighted by Gasteiger charge is 2.17. The summed E-state index contributed by atoms with van der Waals surface area (Å²) in [5.41, 5.74) is 1.21. The van der Waals surface area contributed by atoms with Gasteiger partial charge >= 0.3 is 0 Å². The van der Waals surface area contributed by atoms with Gasteiger partial charge in [-0.15, -0.1) is 0 Å². The number of halogens is 2. The molecule has 0 unspecified atom stereocenters. The predicted molar refractivity (Wildman–Crippen MR) is 91.2 cm³/mol. The summed E-state index contributed by atoms with van der Waals surface area (Å²) in [6, 6.07) is 7.63. The number of nitro benzene ring substituents is 1. The molecule has 0 amide bonds. The second-order valence-corrected chi connectivity index (χ2v) is 6.04. The highest BCUT2D eigenvalue weighted by atomic mass is 79.9. The fraction of sp³-hybridized carbons (Fsp3) is 0.133. The van der Waals surface area contributed by atoms with E-state index in [0.717, 1.165) is 5.56 Å². The fourth-order valence-corrected chi connectivity index (χ4v) is 2.77. The molecule has 0 aliphatic rings. The maximum Gasteiger partial charge on any atom is 0.269 e. The molecule has 8 heteroatoms. The zero-order chi connectivity index (χ0) is 17.0. The van der Waals surface area contributed by atoms with Crippen molar-refractivity contribution in [2.75, 3.05) is 7.11 Å². The summed E-state index contributed by atoms with van der Waals surface area (Å²) in [6.07, 6.45) is 0.706. The van der Waals surface area contributed by atoms with Crippen molar-refractivity contribution in [2.45, 2.75) is 6.61 Å². The van der Waals surface area contributed by atoms with E-state index in [4.69, 9.17) is 9.47 Å². The highest BCUT2D eigenvalue weighted by Crippen LogP contribution is 2.42. The number of non-ortho nitro benzene ring substituents is 1. The lowest BCUT2D eigenvalue weighted by molar-refractivity contribution is -0.384. The van der Waals surface area contributed by atoms with E-state index in [-0.39, 0.29) is 12.3 Å². The highest BCUT2D eigenvalue weighted by molar-refractivity contribution is 9.13. The van der Waals surface area contributed by atoms with Crippen LogP contribution in [0, 0.1) is 10.1 Å². The SMILES string of the molecule is COc1cc(C=O)c(Br)c(Br)c1OCc1ccc([N+](=O)[O-])cc1. The van der Waals surface area contributed by atoms with Crippen LogP contribution >= 0.6 is 31.9 Å². The number of methoxy groups -OCH3 is 1.